The van der Waals surface area contributed by atoms with E-state index in [2.05, 4.69) is 25.5 Å². The van der Waals surface area contributed by atoms with Crippen molar-refractivity contribution < 1.29 is 40.6 Å². The van der Waals surface area contributed by atoms with Crippen molar-refractivity contribution in [3.05, 3.63) is 58.9 Å². The minimum atomic E-state index is -4.98. The third kappa shape index (κ3) is 5.11. The fraction of sp³-hybridized carbons (Fsp3) is 0.286. The molecule has 1 aliphatic carbocycles. The minimum absolute atomic E-state index is 0.0494. The third-order valence-corrected chi connectivity index (χ3v) is 6.40. The molecule has 2 heterocycles. The van der Waals surface area contributed by atoms with Crippen LogP contribution in [0.5, 0.6) is 11.8 Å². The van der Waals surface area contributed by atoms with Crippen molar-refractivity contribution in [2.45, 2.75) is 36.4 Å². The minimum Gasteiger partial charge on any atom is -0.414 e. The molecule has 0 bridgehead atoms. The number of halogens is 4. The molecular formula is C21H17F4N5O5S. The number of nitrogens with zero attached hydrogens (tertiary/aromatic N) is 4. The molecule has 190 valence electrons. The number of aromatic nitrogens is 4. The maximum atomic E-state index is 14.5. The standard InChI is InChI=1S/C21H17F4N5O5S/c1-10-14(17(31)27-11-4-3-5-12(8-11)36(2,33)34)18(30-29-15(10)21(23,24)25)35-19-16(22)28-13(9-26-19)20(32)6-7-20/h3-5,8-9,32H,6-7H2,1-2H3,(H,27,31). The van der Waals surface area contributed by atoms with Gasteiger partial charge < -0.3 is 15.2 Å². The van der Waals surface area contributed by atoms with Gasteiger partial charge in [0.15, 0.2) is 15.5 Å². The first-order valence-corrected chi connectivity index (χ1v) is 12.1. The van der Waals surface area contributed by atoms with Gasteiger partial charge in [-0.3, -0.25) is 4.79 Å². The number of rotatable bonds is 6. The van der Waals surface area contributed by atoms with Gasteiger partial charge in [-0.2, -0.15) is 17.6 Å². The van der Waals surface area contributed by atoms with E-state index in [0.717, 1.165) is 25.4 Å². The molecular weight excluding hydrogens is 510 g/mol. The summed E-state index contributed by atoms with van der Waals surface area (Å²) < 4.78 is 83.6. The molecule has 0 radical (unpaired) electrons. The molecule has 0 aliphatic heterocycles. The van der Waals surface area contributed by atoms with Gasteiger partial charge in [0, 0.05) is 11.9 Å². The molecule has 15 heteroatoms. The lowest BCUT2D eigenvalue weighted by atomic mass is 10.1. The van der Waals surface area contributed by atoms with Crippen LogP contribution in [0.2, 0.25) is 0 Å². The predicted molar refractivity (Wildman–Crippen MR) is 114 cm³/mol. The Kier molecular flexibility index (Phi) is 6.16. The molecule has 2 N–H and O–H groups in total. The molecule has 1 amide bonds. The molecule has 0 saturated heterocycles. The van der Waals surface area contributed by atoms with E-state index in [9.17, 15) is 35.9 Å². The molecule has 4 rings (SSSR count). The molecule has 1 aromatic carbocycles. The van der Waals surface area contributed by atoms with Gasteiger partial charge in [-0.25, -0.2) is 18.4 Å². The Morgan fingerprint density at radius 3 is 2.47 bits per heavy atom. The zero-order chi connectivity index (χ0) is 26.5. The number of amides is 1. The molecule has 3 aromatic rings. The van der Waals surface area contributed by atoms with E-state index in [1.165, 1.54) is 18.2 Å². The van der Waals surface area contributed by atoms with Crippen molar-refractivity contribution >= 4 is 21.4 Å². The number of nitrogens with one attached hydrogen (secondary N) is 1. The summed E-state index contributed by atoms with van der Waals surface area (Å²) in [7, 11) is -3.65. The van der Waals surface area contributed by atoms with E-state index in [-0.39, 0.29) is 16.3 Å². The molecule has 0 unspecified atom stereocenters. The molecule has 1 saturated carbocycles. The number of anilines is 1. The van der Waals surface area contributed by atoms with E-state index >= 15 is 0 Å². The van der Waals surface area contributed by atoms with Crippen LogP contribution < -0.4 is 10.1 Å². The van der Waals surface area contributed by atoms with Crippen LogP contribution in [0.4, 0.5) is 23.2 Å². The highest BCUT2D eigenvalue weighted by atomic mass is 32.2. The summed E-state index contributed by atoms with van der Waals surface area (Å²) >= 11 is 0. The Hall–Kier alpha value is -3.72. The average molecular weight is 527 g/mol. The van der Waals surface area contributed by atoms with Crippen LogP contribution >= 0.6 is 0 Å². The molecule has 1 aliphatic rings. The average Bonchev–Trinajstić information content (AvgIpc) is 3.52. The van der Waals surface area contributed by atoms with Crippen molar-refractivity contribution in [3.63, 3.8) is 0 Å². The van der Waals surface area contributed by atoms with Crippen LogP contribution in [0.3, 0.4) is 0 Å². The number of benzene rings is 1. The Bertz CT molecular complexity index is 1480. The number of alkyl halides is 3. The Balaban J connectivity index is 1.73. The monoisotopic (exact) mass is 527 g/mol. The number of carbonyl (C=O) groups excluding carboxylic acids is 1. The number of hydrogen-bond donors (Lipinski definition) is 2. The first kappa shape index (κ1) is 25.4. The third-order valence-electron chi connectivity index (χ3n) is 5.29. The first-order chi connectivity index (χ1) is 16.7. The number of ether oxygens (including phenoxy) is 1. The second kappa shape index (κ2) is 8.74. The van der Waals surface area contributed by atoms with Crippen molar-refractivity contribution in [2.24, 2.45) is 0 Å². The normalized spacial score (nSPS) is 14.9. The van der Waals surface area contributed by atoms with E-state index < -0.39 is 62.1 Å². The first-order valence-electron chi connectivity index (χ1n) is 10.2. The summed E-state index contributed by atoms with van der Waals surface area (Å²) in [5, 5.41) is 18.7. The SMILES string of the molecule is Cc1c(C(F)(F)F)nnc(Oc2ncc(C3(O)CC3)nc2F)c1C(=O)Nc1cccc(S(C)(=O)=O)c1. The van der Waals surface area contributed by atoms with Crippen LogP contribution in [-0.4, -0.2) is 45.9 Å². The quantitative estimate of drug-likeness (QED) is 0.462. The summed E-state index contributed by atoms with van der Waals surface area (Å²) in [6.45, 7) is 0.944. The van der Waals surface area contributed by atoms with E-state index in [0.29, 0.717) is 12.8 Å². The van der Waals surface area contributed by atoms with Gasteiger partial charge in [0.25, 0.3) is 23.6 Å². The van der Waals surface area contributed by atoms with Crippen LogP contribution in [-0.2, 0) is 21.6 Å². The lowest BCUT2D eigenvalue weighted by Gasteiger charge is -2.16. The van der Waals surface area contributed by atoms with Crippen molar-refractivity contribution in [3.8, 4) is 11.8 Å². The maximum absolute atomic E-state index is 14.5. The van der Waals surface area contributed by atoms with E-state index in [1.807, 2.05) is 0 Å². The largest absolute Gasteiger partial charge is 0.435 e. The zero-order valence-electron chi connectivity index (χ0n) is 18.6. The van der Waals surface area contributed by atoms with Gasteiger partial charge in [-0.15, -0.1) is 10.2 Å². The van der Waals surface area contributed by atoms with Crippen LogP contribution in [0, 0.1) is 12.9 Å². The topological polar surface area (TPSA) is 144 Å². The lowest BCUT2D eigenvalue weighted by Crippen LogP contribution is -2.21. The summed E-state index contributed by atoms with van der Waals surface area (Å²) in [5.41, 5.74) is -4.31. The van der Waals surface area contributed by atoms with Gasteiger partial charge in [0.2, 0.25) is 0 Å². The Morgan fingerprint density at radius 1 is 1.19 bits per heavy atom. The number of sulfone groups is 1. The molecule has 0 spiro atoms. The molecule has 36 heavy (non-hydrogen) atoms. The lowest BCUT2D eigenvalue weighted by molar-refractivity contribution is -0.142. The van der Waals surface area contributed by atoms with Gasteiger partial charge >= 0.3 is 6.18 Å². The van der Waals surface area contributed by atoms with Crippen molar-refractivity contribution in [1.29, 1.82) is 0 Å². The summed E-state index contributed by atoms with van der Waals surface area (Å²) in [5.74, 6) is -4.07. The Labute approximate surface area is 201 Å². The van der Waals surface area contributed by atoms with Crippen LogP contribution in [0.25, 0.3) is 0 Å². The van der Waals surface area contributed by atoms with Crippen LogP contribution in [0.15, 0.2) is 35.4 Å². The highest BCUT2D eigenvalue weighted by molar-refractivity contribution is 7.90. The molecule has 2 aromatic heterocycles. The molecule has 10 nitrogen and oxygen atoms in total. The fourth-order valence-corrected chi connectivity index (χ4v) is 3.89. The zero-order valence-corrected chi connectivity index (χ0v) is 19.4. The molecule has 0 atom stereocenters. The maximum Gasteiger partial charge on any atom is 0.435 e. The van der Waals surface area contributed by atoms with Gasteiger partial charge in [0.05, 0.1) is 16.8 Å². The van der Waals surface area contributed by atoms with Gasteiger partial charge in [0.1, 0.15) is 11.2 Å². The summed E-state index contributed by atoms with van der Waals surface area (Å²) in [4.78, 5) is 20.1. The second-order valence-electron chi connectivity index (χ2n) is 8.09. The summed E-state index contributed by atoms with van der Waals surface area (Å²) in [6.07, 6.45) is -2.29. The second-order valence-corrected chi connectivity index (χ2v) is 10.1. The van der Waals surface area contributed by atoms with Crippen LogP contribution in [0.1, 0.15) is 40.2 Å². The number of hydrogen-bond acceptors (Lipinski definition) is 9. The van der Waals surface area contributed by atoms with E-state index in [4.69, 9.17) is 4.74 Å². The highest BCUT2D eigenvalue weighted by Gasteiger charge is 2.44. The fourth-order valence-electron chi connectivity index (χ4n) is 3.22. The van der Waals surface area contributed by atoms with Gasteiger partial charge in [-0.05, 0) is 43.5 Å². The number of carbonyl (C=O) groups is 1. The van der Waals surface area contributed by atoms with E-state index in [1.54, 1.807) is 0 Å². The highest BCUT2D eigenvalue weighted by Crippen LogP contribution is 2.44. The smallest absolute Gasteiger partial charge is 0.414 e. The predicted octanol–water partition coefficient (Wildman–Crippen LogP) is 3.16. The van der Waals surface area contributed by atoms with Gasteiger partial charge in [-0.1, -0.05) is 6.07 Å². The van der Waals surface area contributed by atoms with Crippen molar-refractivity contribution in [1.82, 2.24) is 20.2 Å². The van der Waals surface area contributed by atoms with Crippen molar-refractivity contribution in [2.75, 3.05) is 11.6 Å². The Morgan fingerprint density at radius 2 is 1.89 bits per heavy atom. The number of aliphatic hydroxyl groups is 1. The summed E-state index contributed by atoms with van der Waals surface area (Å²) in [6, 6.07) is 5.01. The molecule has 1 fully saturated rings.